The highest BCUT2D eigenvalue weighted by Gasteiger charge is 2.44. The van der Waals surface area contributed by atoms with Crippen molar-refractivity contribution in [2.24, 2.45) is 11.8 Å². The fourth-order valence-corrected chi connectivity index (χ4v) is 3.65. The van der Waals surface area contributed by atoms with Crippen LogP contribution >= 0.6 is 11.6 Å². The Kier molecular flexibility index (Phi) is 3.14. The third kappa shape index (κ3) is 2.32. The van der Waals surface area contributed by atoms with E-state index in [9.17, 15) is 0 Å². The lowest BCUT2D eigenvalue weighted by atomic mass is 10.1. The SMILES string of the molecule is COc1ccc2nc(C(C)Cl)n(C(C3CC3)C3CC3)c2c1. The van der Waals surface area contributed by atoms with Crippen LogP contribution in [0.4, 0.5) is 0 Å². The number of ether oxygens (including phenoxy) is 1. The van der Waals surface area contributed by atoms with Crippen LogP contribution in [0.3, 0.4) is 0 Å². The van der Waals surface area contributed by atoms with E-state index in [1.807, 2.05) is 19.1 Å². The minimum atomic E-state index is -0.0663. The zero-order valence-corrected chi connectivity index (χ0v) is 13.3. The zero-order chi connectivity index (χ0) is 14.6. The predicted octanol–water partition coefficient (Wildman–Crippen LogP) is 4.71. The third-order valence-corrected chi connectivity index (χ3v) is 4.98. The van der Waals surface area contributed by atoms with E-state index >= 15 is 0 Å². The minimum Gasteiger partial charge on any atom is -0.497 e. The molecule has 2 fully saturated rings. The number of alkyl halides is 1. The molecule has 1 atom stereocenters. The average Bonchev–Trinajstić information content (AvgIpc) is 3.37. The molecule has 0 saturated heterocycles. The Morgan fingerprint density at radius 2 is 1.90 bits per heavy atom. The monoisotopic (exact) mass is 304 g/mol. The number of methoxy groups -OCH3 is 1. The van der Waals surface area contributed by atoms with Crippen LogP contribution in [-0.4, -0.2) is 16.7 Å². The van der Waals surface area contributed by atoms with E-state index in [0.717, 1.165) is 28.9 Å². The molecule has 0 aliphatic heterocycles. The summed E-state index contributed by atoms with van der Waals surface area (Å²) < 4.78 is 7.84. The molecule has 0 bridgehead atoms. The number of halogens is 1. The van der Waals surface area contributed by atoms with E-state index in [4.69, 9.17) is 21.3 Å². The fraction of sp³-hybridized carbons (Fsp3) is 0.588. The molecule has 1 heterocycles. The van der Waals surface area contributed by atoms with Gasteiger partial charge in [0.15, 0.2) is 0 Å². The van der Waals surface area contributed by atoms with Crippen molar-refractivity contribution in [3.05, 3.63) is 24.0 Å². The maximum absolute atomic E-state index is 6.43. The summed E-state index contributed by atoms with van der Waals surface area (Å²) in [6, 6.07) is 6.72. The average molecular weight is 305 g/mol. The lowest BCUT2D eigenvalue weighted by Crippen LogP contribution is -2.16. The smallest absolute Gasteiger partial charge is 0.127 e. The third-order valence-electron chi connectivity index (χ3n) is 4.79. The minimum absolute atomic E-state index is 0.0663. The van der Waals surface area contributed by atoms with Crippen molar-refractivity contribution in [1.29, 1.82) is 0 Å². The number of aromatic nitrogens is 2. The quantitative estimate of drug-likeness (QED) is 0.748. The highest BCUT2D eigenvalue weighted by Crippen LogP contribution is 2.53. The second kappa shape index (κ2) is 4.91. The molecule has 0 amide bonds. The number of nitrogens with zero attached hydrogens (tertiary/aromatic N) is 2. The van der Waals surface area contributed by atoms with E-state index in [-0.39, 0.29) is 5.38 Å². The van der Waals surface area contributed by atoms with Crippen LogP contribution in [0.5, 0.6) is 5.75 Å². The van der Waals surface area contributed by atoms with Crippen molar-refractivity contribution >= 4 is 22.6 Å². The Hall–Kier alpha value is -1.22. The van der Waals surface area contributed by atoms with E-state index < -0.39 is 0 Å². The standard InChI is InChI=1S/C17H21ClN2O/c1-10(18)17-19-14-8-7-13(21-2)9-15(14)20(17)16(11-3-4-11)12-5-6-12/h7-12,16H,3-6H2,1-2H3. The van der Waals surface area contributed by atoms with Crippen molar-refractivity contribution < 1.29 is 4.74 Å². The molecule has 21 heavy (non-hydrogen) atoms. The second-order valence-corrected chi connectivity index (χ2v) is 7.13. The molecule has 0 spiro atoms. The summed E-state index contributed by atoms with van der Waals surface area (Å²) in [5.41, 5.74) is 2.21. The topological polar surface area (TPSA) is 27.1 Å². The number of benzene rings is 1. The van der Waals surface area contributed by atoms with Gasteiger partial charge in [-0.25, -0.2) is 4.98 Å². The summed E-state index contributed by atoms with van der Waals surface area (Å²) in [6.45, 7) is 2.02. The molecule has 1 aromatic heterocycles. The Morgan fingerprint density at radius 1 is 1.24 bits per heavy atom. The van der Waals surface area contributed by atoms with Crippen LogP contribution in [0.1, 0.15) is 49.9 Å². The van der Waals surface area contributed by atoms with Crippen molar-refractivity contribution in [3.8, 4) is 5.75 Å². The number of hydrogen-bond donors (Lipinski definition) is 0. The van der Waals surface area contributed by atoms with Crippen molar-refractivity contribution in [2.75, 3.05) is 7.11 Å². The first kappa shape index (κ1) is 13.4. The van der Waals surface area contributed by atoms with Gasteiger partial charge in [-0.2, -0.15) is 0 Å². The molecule has 1 unspecified atom stereocenters. The molecule has 1 aromatic carbocycles. The van der Waals surface area contributed by atoms with Gasteiger partial charge in [-0.1, -0.05) is 0 Å². The van der Waals surface area contributed by atoms with Crippen LogP contribution in [-0.2, 0) is 0 Å². The Labute approximate surface area is 130 Å². The largest absolute Gasteiger partial charge is 0.497 e. The molecule has 2 aromatic rings. The van der Waals surface area contributed by atoms with Crippen molar-refractivity contribution in [3.63, 3.8) is 0 Å². The molecular weight excluding hydrogens is 284 g/mol. The van der Waals surface area contributed by atoms with Gasteiger partial charge < -0.3 is 9.30 Å². The molecule has 2 aliphatic carbocycles. The summed E-state index contributed by atoms with van der Waals surface area (Å²) in [6.07, 6.45) is 5.39. The molecule has 4 rings (SSSR count). The fourth-order valence-electron chi connectivity index (χ4n) is 3.49. The zero-order valence-electron chi connectivity index (χ0n) is 12.6. The summed E-state index contributed by atoms with van der Waals surface area (Å²) in [5, 5.41) is -0.0663. The molecule has 2 aliphatic rings. The maximum Gasteiger partial charge on any atom is 0.127 e. The molecule has 0 radical (unpaired) electrons. The summed E-state index contributed by atoms with van der Waals surface area (Å²) in [4.78, 5) is 4.80. The molecule has 0 N–H and O–H groups in total. The Bertz CT molecular complexity index is 659. The molecule has 112 valence electrons. The van der Waals surface area contributed by atoms with E-state index in [2.05, 4.69) is 10.6 Å². The van der Waals surface area contributed by atoms with E-state index in [1.165, 1.54) is 31.2 Å². The number of rotatable bonds is 5. The van der Waals surface area contributed by atoms with Crippen LogP contribution in [0.15, 0.2) is 18.2 Å². The van der Waals surface area contributed by atoms with Gasteiger partial charge in [0.2, 0.25) is 0 Å². The summed E-state index contributed by atoms with van der Waals surface area (Å²) in [7, 11) is 1.71. The van der Waals surface area contributed by atoms with Gasteiger partial charge in [0, 0.05) is 12.1 Å². The van der Waals surface area contributed by atoms with Gasteiger partial charge in [-0.3, -0.25) is 0 Å². The van der Waals surface area contributed by atoms with Crippen LogP contribution < -0.4 is 4.74 Å². The van der Waals surface area contributed by atoms with Gasteiger partial charge in [-0.15, -0.1) is 11.6 Å². The van der Waals surface area contributed by atoms with Crippen molar-refractivity contribution in [1.82, 2.24) is 9.55 Å². The molecule has 4 heteroatoms. The van der Waals surface area contributed by atoms with Gasteiger partial charge in [0.25, 0.3) is 0 Å². The highest BCUT2D eigenvalue weighted by atomic mass is 35.5. The first-order valence-electron chi connectivity index (χ1n) is 7.89. The Balaban J connectivity index is 1.91. The molecular formula is C17H21ClN2O. The van der Waals surface area contributed by atoms with Gasteiger partial charge in [-0.05, 0) is 56.6 Å². The normalized spacial score (nSPS) is 20.2. The van der Waals surface area contributed by atoms with Crippen LogP contribution in [0.25, 0.3) is 11.0 Å². The Morgan fingerprint density at radius 3 is 2.43 bits per heavy atom. The highest BCUT2D eigenvalue weighted by molar-refractivity contribution is 6.20. The number of imidazole rings is 1. The summed E-state index contributed by atoms with van der Waals surface area (Å²) in [5.74, 6) is 3.54. The first-order valence-corrected chi connectivity index (χ1v) is 8.32. The van der Waals surface area contributed by atoms with E-state index in [1.54, 1.807) is 7.11 Å². The number of hydrogen-bond acceptors (Lipinski definition) is 2. The van der Waals surface area contributed by atoms with Gasteiger partial charge in [0.1, 0.15) is 11.6 Å². The number of fused-ring (bicyclic) bond motifs is 1. The molecule has 2 saturated carbocycles. The predicted molar refractivity (Wildman–Crippen MR) is 85.0 cm³/mol. The van der Waals surface area contributed by atoms with Gasteiger partial charge >= 0.3 is 0 Å². The second-order valence-electron chi connectivity index (χ2n) is 6.48. The van der Waals surface area contributed by atoms with Crippen LogP contribution in [0.2, 0.25) is 0 Å². The maximum atomic E-state index is 6.43. The van der Waals surface area contributed by atoms with Gasteiger partial charge in [0.05, 0.1) is 23.5 Å². The first-order chi connectivity index (χ1) is 10.2. The lowest BCUT2D eigenvalue weighted by Gasteiger charge is -2.22. The lowest BCUT2D eigenvalue weighted by molar-refractivity contribution is 0.391. The van der Waals surface area contributed by atoms with Crippen LogP contribution in [0, 0.1) is 11.8 Å². The van der Waals surface area contributed by atoms with E-state index in [0.29, 0.717) is 6.04 Å². The van der Waals surface area contributed by atoms with Crippen molar-refractivity contribution in [2.45, 2.75) is 44.0 Å². The summed E-state index contributed by atoms with van der Waals surface area (Å²) >= 11 is 6.43. The molecule has 3 nitrogen and oxygen atoms in total.